The van der Waals surface area contributed by atoms with Crippen LogP contribution in [-0.2, 0) is 16.0 Å². The number of benzene rings is 2. The Balaban J connectivity index is 1.81. The van der Waals surface area contributed by atoms with Gasteiger partial charge in [-0.25, -0.2) is 4.39 Å². The van der Waals surface area contributed by atoms with Crippen molar-refractivity contribution < 1.29 is 28.9 Å². The van der Waals surface area contributed by atoms with E-state index in [1.807, 2.05) is 0 Å². The van der Waals surface area contributed by atoms with Gasteiger partial charge in [0.2, 0.25) is 0 Å². The van der Waals surface area contributed by atoms with Gasteiger partial charge in [-0.2, -0.15) is 0 Å². The second kappa shape index (κ2) is 8.34. The van der Waals surface area contributed by atoms with Crippen LogP contribution in [0, 0.1) is 5.82 Å². The number of hydrogen-bond acceptors (Lipinski definition) is 6. The molecule has 4 N–H and O–H groups in total. The van der Waals surface area contributed by atoms with Gasteiger partial charge in [-0.1, -0.05) is 6.07 Å². The molecule has 0 aliphatic carbocycles. The van der Waals surface area contributed by atoms with E-state index in [9.17, 15) is 19.4 Å². The number of aromatic hydroxyl groups is 2. The summed E-state index contributed by atoms with van der Waals surface area (Å²) in [5.74, 6) is -1.03. The van der Waals surface area contributed by atoms with Gasteiger partial charge < -0.3 is 25.4 Å². The van der Waals surface area contributed by atoms with Crippen molar-refractivity contribution in [3.8, 4) is 17.2 Å². The standard InChI is InChI=1S/C18H20FNO5/c1-11(10-24-14-5-3-13(19)4-6-14)25-18(23)15(20)8-12-2-7-16(21)17(22)9-12/h2-7,9,11,15,21-22H,8,10,20H2,1H3/t11-,15-/m0/s1. The number of phenols is 2. The summed E-state index contributed by atoms with van der Waals surface area (Å²) in [6.45, 7) is 1.75. The average molecular weight is 349 g/mol. The third kappa shape index (κ3) is 5.65. The van der Waals surface area contributed by atoms with E-state index in [4.69, 9.17) is 15.2 Å². The number of nitrogens with two attached hydrogens (primary N) is 1. The largest absolute Gasteiger partial charge is 0.504 e. The van der Waals surface area contributed by atoms with E-state index in [0.717, 1.165) is 0 Å². The molecule has 25 heavy (non-hydrogen) atoms. The first-order valence-corrected chi connectivity index (χ1v) is 7.70. The van der Waals surface area contributed by atoms with Crippen molar-refractivity contribution in [3.63, 3.8) is 0 Å². The quantitative estimate of drug-likeness (QED) is 0.523. The third-order valence-electron chi connectivity index (χ3n) is 3.41. The van der Waals surface area contributed by atoms with Crippen LogP contribution in [0.25, 0.3) is 0 Å². The minimum atomic E-state index is -0.919. The number of hydrogen-bond donors (Lipinski definition) is 3. The summed E-state index contributed by atoms with van der Waals surface area (Å²) < 4.78 is 23.4. The molecule has 7 heteroatoms. The van der Waals surface area contributed by atoms with Crippen LogP contribution < -0.4 is 10.5 Å². The fraction of sp³-hybridized carbons (Fsp3) is 0.278. The highest BCUT2D eigenvalue weighted by Crippen LogP contribution is 2.25. The van der Waals surface area contributed by atoms with Gasteiger partial charge in [0, 0.05) is 0 Å². The third-order valence-corrected chi connectivity index (χ3v) is 3.41. The molecular formula is C18H20FNO5. The lowest BCUT2D eigenvalue weighted by atomic mass is 10.1. The molecule has 0 aromatic heterocycles. The molecule has 0 amide bonds. The van der Waals surface area contributed by atoms with Gasteiger partial charge >= 0.3 is 5.97 Å². The monoisotopic (exact) mass is 349 g/mol. The molecule has 2 aromatic carbocycles. The Bertz CT molecular complexity index is 720. The predicted molar refractivity (Wildman–Crippen MR) is 88.9 cm³/mol. The average Bonchev–Trinajstić information content (AvgIpc) is 2.57. The summed E-state index contributed by atoms with van der Waals surface area (Å²) in [6, 6.07) is 8.80. The second-order valence-corrected chi connectivity index (χ2v) is 5.65. The number of carbonyl (C=O) groups excluding carboxylic acids is 1. The van der Waals surface area contributed by atoms with Crippen LogP contribution in [0.4, 0.5) is 4.39 Å². The summed E-state index contributed by atoms with van der Waals surface area (Å²) in [5.41, 5.74) is 6.40. The lowest BCUT2D eigenvalue weighted by molar-refractivity contribution is -0.151. The van der Waals surface area contributed by atoms with Crippen molar-refractivity contribution in [3.05, 3.63) is 53.8 Å². The van der Waals surface area contributed by atoms with Crippen LogP contribution in [-0.4, -0.2) is 34.9 Å². The minimum Gasteiger partial charge on any atom is -0.504 e. The summed E-state index contributed by atoms with van der Waals surface area (Å²) in [4.78, 5) is 12.0. The van der Waals surface area contributed by atoms with Crippen LogP contribution in [0.1, 0.15) is 12.5 Å². The first-order chi connectivity index (χ1) is 11.8. The van der Waals surface area contributed by atoms with Crippen LogP contribution in [0.2, 0.25) is 0 Å². The molecule has 0 aliphatic heterocycles. The van der Waals surface area contributed by atoms with Crippen LogP contribution in [0.3, 0.4) is 0 Å². The molecule has 0 saturated carbocycles. The summed E-state index contributed by atoms with van der Waals surface area (Å²) >= 11 is 0. The molecular weight excluding hydrogens is 329 g/mol. The molecule has 0 unspecified atom stereocenters. The van der Waals surface area contributed by atoms with Gasteiger partial charge in [0.1, 0.15) is 30.3 Å². The molecule has 0 spiro atoms. The number of esters is 1. The maximum absolute atomic E-state index is 12.8. The molecule has 0 radical (unpaired) electrons. The molecule has 2 atom stereocenters. The van der Waals surface area contributed by atoms with Crippen LogP contribution >= 0.6 is 0 Å². The predicted octanol–water partition coefficient (Wildman–Crippen LogP) is 2.12. The maximum atomic E-state index is 12.8. The second-order valence-electron chi connectivity index (χ2n) is 5.65. The molecule has 0 heterocycles. The zero-order chi connectivity index (χ0) is 18.4. The van der Waals surface area contributed by atoms with Crippen molar-refractivity contribution in [1.29, 1.82) is 0 Å². The van der Waals surface area contributed by atoms with Crippen molar-refractivity contribution in [2.45, 2.75) is 25.5 Å². The SMILES string of the molecule is C[C@@H](COc1ccc(F)cc1)OC(=O)[C@@H](N)Cc1ccc(O)c(O)c1. The van der Waals surface area contributed by atoms with E-state index in [0.29, 0.717) is 11.3 Å². The molecule has 2 rings (SSSR count). The van der Waals surface area contributed by atoms with Crippen molar-refractivity contribution >= 4 is 5.97 Å². The van der Waals surface area contributed by atoms with Gasteiger partial charge in [0.25, 0.3) is 0 Å². The van der Waals surface area contributed by atoms with Crippen molar-refractivity contribution in [2.24, 2.45) is 5.73 Å². The molecule has 0 aliphatic rings. The first-order valence-electron chi connectivity index (χ1n) is 7.70. The summed E-state index contributed by atoms with van der Waals surface area (Å²) in [6.07, 6.45) is -0.394. The van der Waals surface area contributed by atoms with E-state index in [1.165, 1.54) is 36.4 Å². The van der Waals surface area contributed by atoms with Crippen LogP contribution in [0.5, 0.6) is 17.2 Å². The van der Waals surface area contributed by atoms with Gasteiger partial charge in [-0.3, -0.25) is 4.79 Å². The number of carbonyl (C=O) groups is 1. The van der Waals surface area contributed by atoms with Crippen LogP contribution in [0.15, 0.2) is 42.5 Å². The Labute approximate surface area is 144 Å². The normalized spacial score (nSPS) is 13.1. The number of phenolic OH excluding ortho intramolecular Hbond substituents is 2. The highest BCUT2D eigenvalue weighted by molar-refractivity contribution is 5.76. The number of ether oxygens (including phenoxy) is 2. The fourth-order valence-electron chi connectivity index (χ4n) is 2.10. The van der Waals surface area contributed by atoms with E-state index in [-0.39, 0.29) is 30.3 Å². The molecule has 134 valence electrons. The number of halogens is 1. The molecule has 0 bridgehead atoms. The Morgan fingerprint density at radius 3 is 2.48 bits per heavy atom. The Morgan fingerprint density at radius 1 is 1.16 bits per heavy atom. The van der Waals surface area contributed by atoms with Gasteiger partial charge in [-0.15, -0.1) is 0 Å². The lowest BCUT2D eigenvalue weighted by Crippen LogP contribution is -2.37. The number of rotatable bonds is 7. The molecule has 2 aromatic rings. The van der Waals surface area contributed by atoms with E-state index < -0.39 is 18.1 Å². The highest BCUT2D eigenvalue weighted by Gasteiger charge is 2.19. The first kappa shape index (κ1) is 18.5. The van der Waals surface area contributed by atoms with Crippen molar-refractivity contribution in [1.82, 2.24) is 0 Å². The van der Waals surface area contributed by atoms with Crippen molar-refractivity contribution in [2.75, 3.05) is 6.61 Å². The van der Waals surface area contributed by atoms with E-state index in [1.54, 1.807) is 13.0 Å². The summed E-state index contributed by atoms with van der Waals surface area (Å²) in [5, 5.41) is 18.7. The lowest BCUT2D eigenvalue weighted by Gasteiger charge is -2.17. The zero-order valence-corrected chi connectivity index (χ0v) is 13.7. The summed E-state index contributed by atoms with van der Waals surface area (Å²) in [7, 11) is 0. The Kier molecular flexibility index (Phi) is 6.19. The van der Waals surface area contributed by atoms with E-state index in [2.05, 4.69) is 0 Å². The zero-order valence-electron chi connectivity index (χ0n) is 13.7. The Hall–Kier alpha value is -2.80. The molecule has 6 nitrogen and oxygen atoms in total. The fourth-order valence-corrected chi connectivity index (χ4v) is 2.10. The maximum Gasteiger partial charge on any atom is 0.323 e. The molecule has 0 saturated heterocycles. The molecule has 0 fully saturated rings. The van der Waals surface area contributed by atoms with E-state index >= 15 is 0 Å². The smallest absolute Gasteiger partial charge is 0.323 e. The van der Waals surface area contributed by atoms with Gasteiger partial charge in [0.05, 0.1) is 0 Å². The van der Waals surface area contributed by atoms with Gasteiger partial charge in [0.15, 0.2) is 11.5 Å². The topological polar surface area (TPSA) is 102 Å². The Morgan fingerprint density at radius 2 is 1.84 bits per heavy atom. The highest BCUT2D eigenvalue weighted by atomic mass is 19.1. The van der Waals surface area contributed by atoms with Gasteiger partial charge in [-0.05, 0) is 55.3 Å². The minimum absolute atomic E-state index is 0.101.